The van der Waals surface area contributed by atoms with Gasteiger partial charge in [-0.25, -0.2) is 9.48 Å². The maximum absolute atomic E-state index is 12.4. The molecular weight excluding hydrogens is 322 g/mol. The molecule has 25 heavy (non-hydrogen) atoms. The van der Waals surface area contributed by atoms with Crippen LogP contribution < -0.4 is 5.56 Å². The minimum atomic E-state index is -1.08. The molecule has 0 bridgehead atoms. The smallest absolute Gasteiger partial charge is 0.328 e. The van der Waals surface area contributed by atoms with Crippen molar-refractivity contribution in [2.75, 3.05) is 0 Å². The molecule has 1 atom stereocenters. The molecule has 0 aliphatic carbocycles. The van der Waals surface area contributed by atoms with Crippen LogP contribution in [0.1, 0.15) is 26.3 Å². The Balaban J connectivity index is 2.06. The zero-order chi connectivity index (χ0) is 18.1. The summed E-state index contributed by atoms with van der Waals surface area (Å²) in [5, 5.41) is 24.0. The van der Waals surface area contributed by atoms with Gasteiger partial charge in [-0.1, -0.05) is 19.9 Å². The second-order valence-corrected chi connectivity index (χ2v) is 6.38. The van der Waals surface area contributed by atoms with Crippen LogP contribution in [0.2, 0.25) is 0 Å². The van der Waals surface area contributed by atoms with Crippen molar-refractivity contribution in [2.45, 2.75) is 26.3 Å². The lowest BCUT2D eigenvalue weighted by molar-refractivity contribution is -0.141. The van der Waals surface area contributed by atoms with Crippen molar-refractivity contribution in [3.63, 3.8) is 0 Å². The van der Waals surface area contributed by atoms with E-state index in [9.17, 15) is 19.8 Å². The molecule has 130 valence electrons. The van der Waals surface area contributed by atoms with Crippen LogP contribution in [0.4, 0.5) is 0 Å². The number of aromatic hydroxyl groups is 1. The van der Waals surface area contributed by atoms with Gasteiger partial charge in [-0.15, -0.1) is 0 Å². The number of aliphatic carboxylic acids is 1. The quantitative estimate of drug-likeness (QED) is 0.743. The summed E-state index contributed by atoms with van der Waals surface area (Å²) in [7, 11) is 0. The van der Waals surface area contributed by atoms with E-state index in [1.807, 2.05) is 19.9 Å². The van der Waals surface area contributed by atoms with Gasteiger partial charge in [-0.3, -0.25) is 4.79 Å². The highest BCUT2D eigenvalue weighted by Crippen LogP contribution is 2.27. The predicted octanol–water partition coefficient (Wildman–Crippen LogP) is 2.56. The van der Waals surface area contributed by atoms with Gasteiger partial charge in [0.25, 0.3) is 5.56 Å². The summed E-state index contributed by atoms with van der Waals surface area (Å²) in [6, 6.07) is 7.23. The van der Waals surface area contributed by atoms with E-state index in [-0.39, 0.29) is 11.7 Å². The summed E-state index contributed by atoms with van der Waals surface area (Å²) in [6.45, 7) is 3.79. The van der Waals surface area contributed by atoms with E-state index < -0.39 is 17.6 Å². The Morgan fingerprint density at radius 3 is 2.68 bits per heavy atom. The van der Waals surface area contributed by atoms with Crippen molar-refractivity contribution in [1.82, 2.24) is 14.3 Å². The summed E-state index contributed by atoms with van der Waals surface area (Å²) in [5.41, 5.74) is 0.763. The van der Waals surface area contributed by atoms with Crippen molar-refractivity contribution in [1.29, 1.82) is 0 Å². The number of phenolic OH excluding ortho intramolecular Hbond substituents is 1. The molecule has 7 heteroatoms. The Bertz CT molecular complexity index is 987. The van der Waals surface area contributed by atoms with Crippen LogP contribution >= 0.6 is 0 Å². The standard InChI is InChI=1S/C18H19N3O4/c1-11(2)8-15(18(24)25)21-17(23)9-12(10-19-21)20-7-6-13-14(20)4-3-5-16(13)22/h3-7,9-11,15,22H,8H2,1-2H3,(H,24,25). The second kappa shape index (κ2) is 6.43. The number of hydrogen-bond donors (Lipinski definition) is 2. The summed E-state index contributed by atoms with van der Waals surface area (Å²) in [5.74, 6) is -0.807. The van der Waals surface area contributed by atoms with Gasteiger partial charge in [0, 0.05) is 17.6 Å². The molecule has 0 aliphatic heterocycles. The molecule has 2 N–H and O–H groups in total. The van der Waals surface area contributed by atoms with Crippen molar-refractivity contribution >= 4 is 16.9 Å². The number of carboxylic acids is 1. The number of carbonyl (C=O) groups is 1. The number of carboxylic acid groups (broad SMARTS) is 1. The monoisotopic (exact) mass is 341 g/mol. The van der Waals surface area contributed by atoms with Crippen molar-refractivity contribution in [2.24, 2.45) is 5.92 Å². The molecule has 2 heterocycles. The maximum atomic E-state index is 12.4. The molecule has 3 rings (SSSR count). The number of aromatic nitrogens is 3. The first kappa shape index (κ1) is 16.8. The minimum Gasteiger partial charge on any atom is -0.507 e. The lowest BCUT2D eigenvalue weighted by atomic mass is 10.0. The average Bonchev–Trinajstić information content (AvgIpc) is 2.98. The number of rotatable bonds is 5. The van der Waals surface area contributed by atoms with E-state index >= 15 is 0 Å². The number of fused-ring (bicyclic) bond motifs is 1. The molecule has 0 saturated carbocycles. The van der Waals surface area contributed by atoms with E-state index in [0.29, 0.717) is 17.5 Å². The number of nitrogens with zero attached hydrogens (tertiary/aromatic N) is 3. The number of phenols is 1. The topological polar surface area (TPSA) is 97.3 Å². The molecule has 2 aromatic heterocycles. The highest BCUT2D eigenvalue weighted by molar-refractivity contribution is 5.87. The van der Waals surface area contributed by atoms with Crippen LogP contribution in [0.3, 0.4) is 0 Å². The van der Waals surface area contributed by atoms with Gasteiger partial charge in [-0.2, -0.15) is 5.10 Å². The Kier molecular flexibility index (Phi) is 4.31. The minimum absolute atomic E-state index is 0.117. The summed E-state index contributed by atoms with van der Waals surface area (Å²) in [4.78, 5) is 23.9. The van der Waals surface area contributed by atoms with Crippen LogP contribution in [0.15, 0.2) is 47.5 Å². The van der Waals surface area contributed by atoms with Gasteiger partial charge < -0.3 is 14.8 Å². The molecule has 1 aromatic carbocycles. The molecule has 0 aliphatic rings. The SMILES string of the molecule is CC(C)CC(C(=O)O)n1ncc(-n2ccc3c(O)cccc32)cc1=O. The van der Waals surface area contributed by atoms with Crippen LogP contribution in [0.25, 0.3) is 16.6 Å². The largest absolute Gasteiger partial charge is 0.507 e. The van der Waals surface area contributed by atoms with Gasteiger partial charge in [-0.05, 0) is 30.5 Å². The highest BCUT2D eigenvalue weighted by Gasteiger charge is 2.23. The van der Waals surface area contributed by atoms with Crippen molar-refractivity contribution < 1.29 is 15.0 Å². The third-order valence-corrected chi connectivity index (χ3v) is 4.07. The van der Waals surface area contributed by atoms with Crippen LogP contribution in [0.5, 0.6) is 5.75 Å². The van der Waals surface area contributed by atoms with Gasteiger partial charge in [0.2, 0.25) is 0 Å². The second-order valence-electron chi connectivity index (χ2n) is 6.38. The molecular formula is C18H19N3O4. The first-order valence-corrected chi connectivity index (χ1v) is 7.99. The Labute approximate surface area is 143 Å². The van der Waals surface area contributed by atoms with E-state index in [1.165, 1.54) is 12.3 Å². The molecule has 0 amide bonds. The molecule has 7 nitrogen and oxygen atoms in total. The number of benzene rings is 1. The molecule has 3 aromatic rings. The zero-order valence-corrected chi connectivity index (χ0v) is 14.0. The van der Waals surface area contributed by atoms with Gasteiger partial charge in [0.15, 0.2) is 6.04 Å². The molecule has 0 radical (unpaired) electrons. The van der Waals surface area contributed by atoms with Crippen molar-refractivity contribution in [3.8, 4) is 11.4 Å². The van der Waals surface area contributed by atoms with Crippen LogP contribution in [0, 0.1) is 5.92 Å². The van der Waals surface area contributed by atoms with E-state index in [1.54, 1.807) is 29.0 Å². The van der Waals surface area contributed by atoms with Gasteiger partial charge in [0.1, 0.15) is 5.75 Å². The molecule has 0 fully saturated rings. The fraction of sp³-hybridized carbons (Fsp3) is 0.278. The molecule has 1 unspecified atom stereocenters. The Morgan fingerprint density at radius 2 is 2.04 bits per heavy atom. The van der Waals surface area contributed by atoms with E-state index in [0.717, 1.165) is 10.2 Å². The first-order chi connectivity index (χ1) is 11.9. The van der Waals surface area contributed by atoms with Gasteiger partial charge >= 0.3 is 5.97 Å². The van der Waals surface area contributed by atoms with E-state index in [2.05, 4.69) is 5.10 Å². The summed E-state index contributed by atoms with van der Waals surface area (Å²) >= 11 is 0. The normalized spacial score (nSPS) is 12.6. The fourth-order valence-electron chi connectivity index (χ4n) is 2.90. The molecule has 0 saturated heterocycles. The van der Waals surface area contributed by atoms with Crippen LogP contribution in [-0.2, 0) is 4.79 Å². The van der Waals surface area contributed by atoms with E-state index in [4.69, 9.17) is 0 Å². The fourth-order valence-corrected chi connectivity index (χ4v) is 2.90. The predicted molar refractivity (Wildman–Crippen MR) is 93.1 cm³/mol. The third-order valence-electron chi connectivity index (χ3n) is 4.07. The molecule has 0 spiro atoms. The lowest BCUT2D eigenvalue weighted by Gasteiger charge is -2.16. The summed E-state index contributed by atoms with van der Waals surface area (Å²) in [6.07, 6.45) is 3.51. The number of hydrogen-bond acceptors (Lipinski definition) is 4. The first-order valence-electron chi connectivity index (χ1n) is 7.99. The zero-order valence-electron chi connectivity index (χ0n) is 14.0. The summed E-state index contributed by atoms with van der Waals surface area (Å²) < 4.78 is 2.74. The van der Waals surface area contributed by atoms with Crippen LogP contribution in [-0.4, -0.2) is 30.5 Å². The lowest BCUT2D eigenvalue weighted by Crippen LogP contribution is -2.32. The average molecular weight is 341 g/mol. The Hall–Kier alpha value is -3.09. The Morgan fingerprint density at radius 1 is 1.28 bits per heavy atom. The van der Waals surface area contributed by atoms with Crippen molar-refractivity contribution in [3.05, 3.63) is 53.1 Å². The highest BCUT2D eigenvalue weighted by atomic mass is 16.4. The third kappa shape index (κ3) is 3.13. The maximum Gasteiger partial charge on any atom is 0.328 e. The van der Waals surface area contributed by atoms with Gasteiger partial charge in [0.05, 0.1) is 17.4 Å².